The standard InChI is InChI=1S/C10H8INO/c11-10-3-1-8(2-4-10)9(7-12)5-6-13/h1-4,6,9H,5H2. The lowest BCUT2D eigenvalue weighted by Gasteiger charge is -2.04. The van der Waals surface area contributed by atoms with E-state index in [0.29, 0.717) is 0 Å². The summed E-state index contributed by atoms with van der Waals surface area (Å²) in [6.45, 7) is 0. The molecule has 0 aromatic heterocycles. The Morgan fingerprint density at radius 1 is 1.46 bits per heavy atom. The number of carbonyl (C=O) groups is 1. The maximum Gasteiger partial charge on any atom is 0.121 e. The van der Waals surface area contributed by atoms with Gasteiger partial charge in [0.05, 0.1) is 12.0 Å². The molecule has 0 N–H and O–H groups in total. The Labute approximate surface area is 90.7 Å². The third-order valence-electron chi connectivity index (χ3n) is 1.76. The molecule has 1 unspecified atom stereocenters. The highest BCUT2D eigenvalue weighted by Crippen LogP contribution is 2.18. The molecule has 0 radical (unpaired) electrons. The zero-order chi connectivity index (χ0) is 9.68. The normalized spacial score (nSPS) is 11.7. The zero-order valence-electron chi connectivity index (χ0n) is 6.90. The summed E-state index contributed by atoms with van der Waals surface area (Å²) in [5, 5.41) is 8.77. The first kappa shape index (κ1) is 10.2. The van der Waals surface area contributed by atoms with E-state index in [1.807, 2.05) is 24.3 Å². The monoisotopic (exact) mass is 285 g/mol. The van der Waals surface area contributed by atoms with Crippen molar-refractivity contribution in [2.24, 2.45) is 0 Å². The van der Waals surface area contributed by atoms with Gasteiger partial charge in [-0.3, -0.25) is 0 Å². The van der Waals surface area contributed by atoms with Crippen molar-refractivity contribution >= 4 is 28.9 Å². The van der Waals surface area contributed by atoms with E-state index in [-0.39, 0.29) is 12.3 Å². The molecule has 0 aliphatic rings. The Hall–Kier alpha value is -0.890. The van der Waals surface area contributed by atoms with Crippen LogP contribution in [0.15, 0.2) is 24.3 Å². The van der Waals surface area contributed by atoms with Crippen LogP contribution in [0.1, 0.15) is 17.9 Å². The first-order valence-electron chi connectivity index (χ1n) is 3.86. The third kappa shape index (κ3) is 2.81. The van der Waals surface area contributed by atoms with Crippen LogP contribution in [0.25, 0.3) is 0 Å². The van der Waals surface area contributed by atoms with Gasteiger partial charge in [-0.25, -0.2) is 0 Å². The molecule has 0 saturated carbocycles. The minimum Gasteiger partial charge on any atom is -0.303 e. The molecule has 0 fully saturated rings. The Bertz CT molecular complexity index is 326. The number of nitrogens with zero attached hydrogens (tertiary/aromatic N) is 1. The van der Waals surface area contributed by atoms with E-state index in [4.69, 9.17) is 5.26 Å². The minimum atomic E-state index is -0.297. The second kappa shape index (κ2) is 4.97. The van der Waals surface area contributed by atoms with Gasteiger partial charge >= 0.3 is 0 Å². The maximum atomic E-state index is 10.3. The smallest absolute Gasteiger partial charge is 0.121 e. The molecule has 1 atom stereocenters. The largest absolute Gasteiger partial charge is 0.303 e. The van der Waals surface area contributed by atoms with Crippen LogP contribution < -0.4 is 0 Å². The molecule has 1 aromatic rings. The van der Waals surface area contributed by atoms with Crippen LogP contribution in [0.4, 0.5) is 0 Å². The van der Waals surface area contributed by atoms with Crippen LogP contribution >= 0.6 is 22.6 Å². The van der Waals surface area contributed by atoms with E-state index in [1.54, 1.807) is 0 Å². The number of hydrogen-bond acceptors (Lipinski definition) is 2. The number of carbonyl (C=O) groups excluding carboxylic acids is 1. The van der Waals surface area contributed by atoms with Crippen molar-refractivity contribution < 1.29 is 4.79 Å². The first-order chi connectivity index (χ1) is 6.27. The first-order valence-corrected chi connectivity index (χ1v) is 4.94. The van der Waals surface area contributed by atoms with Crippen molar-refractivity contribution in [3.63, 3.8) is 0 Å². The second-order valence-electron chi connectivity index (χ2n) is 2.64. The second-order valence-corrected chi connectivity index (χ2v) is 3.88. The minimum absolute atomic E-state index is 0.275. The van der Waals surface area contributed by atoms with Crippen LogP contribution in [-0.2, 0) is 4.79 Å². The lowest BCUT2D eigenvalue weighted by molar-refractivity contribution is -0.107. The zero-order valence-corrected chi connectivity index (χ0v) is 9.06. The van der Waals surface area contributed by atoms with Crippen LogP contribution in [0, 0.1) is 14.9 Å². The molecule has 0 aliphatic heterocycles. The number of halogens is 1. The van der Waals surface area contributed by atoms with E-state index >= 15 is 0 Å². The van der Waals surface area contributed by atoms with E-state index in [0.717, 1.165) is 15.4 Å². The highest BCUT2D eigenvalue weighted by atomic mass is 127. The van der Waals surface area contributed by atoms with Gasteiger partial charge in [0.15, 0.2) is 0 Å². The van der Waals surface area contributed by atoms with Gasteiger partial charge in [-0.15, -0.1) is 0 Å². The van der Waals surface area contributed by atoms with Crippen molar-refractivity contribution in [2.45, 2.75) is 12.3 Å². The van der Waals surface area contributed by atoms with Gasteiger partial charge in [-0.1, -0.05) is 12.1 Å². The molecule has 13 heavy (non-hydrogen) atoms. The van der Waals surface area contributed by atoms with E-state index in [1.165, 1.54) is 0 Å². The Morgan fingerprint density at radius 2 is 2.08 bits per heavy atom. The SMILES string of the molecule is N#CC(CC=O)c1ccc(I)cc1. The molecule has 1 rings (SSSR count). The predicted molar refractivity (Wildman–Crippen MR) is 58.2 cm³/mol. The van der Waals surface area contributed by atoms with Crippen molar-refractivity contribution in [3.8, 4) is 6.07 Å². The van der Waals surface area contributed by atoms with Crippen LogP contribution in [-0.4, -0.2) is 6.29 Å². The van der Waals surface area contributed by atoms with E-state index in [2.05, 4.69) is 28.7 Å². The third-order valence-corrected chi connectivity index (χ3v) is 2.48. The lowest BCUT2D eigenvalue weighted by atomic mass is 9.98. The molecule has 0 heterocycles. The lowest BCUT2D eigenvalue weighted by Crippen LogP contribution is -1.96. The van der Waals surface area contributed by atoms with Gasteiger partial charge in [-0.2, -0.15) is 5.26 Å². The summed E-state index contributed by atoms with van der Waals surface area (Å²) in [6.07, 6.45) is 1.06. The fourth-order valence-corrected chi connectivity index (χ4v) is 1.41. The van der Waals surface area contributed by atoms with Crippen molar-refractivity contribution in [1.29, 1.82) is 5.26 Å². The van der Waals surface area contributed by atoms with Crippen molar-refractivity contribution in [1.82, 2.24) is 0 Å². The Morgan fingerprint density at radius 3 is 2.54 bits per heavy atom. The molecule has 0 bridgehead atoms. The van der Waals surface area contributed by atoms with Crippen LogP contribution in [0.2, 0.25) is 0 Å². The summed E-state index contributed by atoms with van der Waals surface area (Å²) in [5.41, 5.74) is 0.912. The van der Waals surface area contributed by atoms with Crippen LogP contribution in [0.5, 0.6) is 0 Å². The number of hydrogen-bond donors (Lipinski definition) is 0. The molecule has 0 saturated heterocycles. The molecule has 2 nitrogen and oxygen atoms in total. The van der Waals surface area contributed by atoms with Crippen molar-refractivity contribution in [3.05, 3.63) is 33.4 Å². The predicted octanol–water partition coefficient (Wildman–Crippen LogP) is 2.49. The van der Waals surface area contributed by atoms with Gasteiger partial charge in [0.1, 0.15) is 6.29 Å². The summed E-state index contributed by atoms with van der Waals surface area (Å²) in [5.74, 6) is -0.297. The fraction of sp³-hybridized carbons (Fsp3) is 0.200. The summed E-state index contributed by atoms with van der Waals surface area (Å²) in [4.78, 5) is 10.3. The van der Waals surface area contributed by atoms with Gasteiger partial charge in [-0.05, 0) is 40.3 Å². The molecular weight excluding hydrogens is 277 g/mol. The number of aldehydes is 1. The molecular formula is C10H8INO. The molecule has 0 amide bonds. The average Bonchev–Trinajstić information content (AvgIpc) is 2.16. The Balaban J connectivity index is 2.87. The summed E-state index contributed by atoms with van der Waals surface area (Å²) in [6, 6.07) is 9.75. The van der Waals surface area contributed by atoms with Gasteiger partial charge < -0.3 is 4.79 Å². The van der Waals surface area contributed by atoms with Gasteiger partial charge in [0.2, 0.25) is 0 Å². The van der Waals surface area contributed by atoms with E-state index in [9.17, 15) is 4.79 Å². The van der Waals surface area contributed by atoms with Gasteiger partial charge in [0.25, 0.3) is 0 Å². The highest BCUT2D eigenvalue weighted by Gasteiger charge is 2.08. The topological polar surface area (TPSA) is 40.9 Å². The molecule has 1 aromatic carbocycles. The summed E-state index contributed by atoms with van der Waals surface area (Å²) in [7, 11) is 0. The van der Waals surface area contributed by atoms with E-state index < -0.39 is 0 Å². The maximum absolute atomic E-state index is 10.3. The van der Waals surface area contributed by atoms with Gasteiger partial charge in [0, 0.05) is 9.99 Å². The van der Waals surface area contributed by atoms with Crippen LogP contribution in [0.3, 0.4) is 0 Å². The number of nitriles is 1. The summed E-state index contributed by atoms with van der Waals surface area (Å²) < 4.78 is 1.13. The molecule has 0 spiro atoms. The number of benzene rings is 1. The highest BCUT2D eigenvalue weighted by molar-refractivity contribution is 14.1. The van der Waals surface area contributed by atoms with Crippen molar-refractivity contribution in [2.75, 3.05) is 0 Å². The quantitative estimate of drug-likeness (QED) is 0.632. The summed E-state index contributed by atoms with van der Waals surface area (Å²) >= 11 is 2.20. The average molecular weight is 285 g/mol. The number of rotatable bonds is 3. The molecule has 0 aliphatic carbocycles. The molecule has 66 valence electrons. The fourth-order valence-electron chi connectivity index (χ4n) is 1.05. The molecule has 3 heteroatoms. The Kier molecular flexibility index (Phi) is 3.90.